The maximum absolute atomic E-state index is 12.5. The number of hydrogen-bond donors (Lipinski definition) is 1. The lowest BCUT2D eigenvalue weighted by Crippen LogP contribution is -2.39. The van der Waals surface area contributed by atoms with Crippen LogP contribution in [0, 0.1) is 0 Å². The summed E-state index contributed by atoms with van der Waals surface area (Å²) in [7, 11) is -3.72. The number of hydrogen-bond acceptors (Lipinski definition) is 3. The molecule has 0 saturated heterocycles. The van der Waals surface area contributed by atoms with Crippen LogP contribution in [-0.2, 0) is 10.0 Å². The third-order valence-electron chi connectivity index (χ3n) is 2.93. The fourth-order valence-electron chi connectivity index (χ4n) is 1.90. The van der Waals surface area contributed by atoms with E-state index in [0.717, 1.165) is 19.3 Å². The normalized spacial score (nSPS) is 12.3. The van der Waals surface area contributed by atoms with Crippen molar-refractivity contribution < 1.29 is 8.42 Å². The summed E-state index contributed by atoms with van der Waals surface area (Å²) in [6, 6.07) is 1.07. The van der Waals surface area contributed by atoms with Crippen molar-refractivity contribution in [2.75, 3.05) is 6.54 Å². The van der Waals surface area contributed by atoms with E-state index in [4.69, 9.17) is 0 Å². The highest BCUT2D eigenvalue weighted by Gasteiger charge is 2.28. The molecule has 0 aliphatic heterocycles. The molecule has 1 N–H and O–H groups in total. The van der Waals surface area contributed by atoms with Crippen LogP contribution >= 0.6 is 0 Å². The molecule has 0 unspecified atom stereocenters. The van der Waals surface area contributed by atoms with E-state index in [9.17, 15) is 13.2 Å². The predicted molar refractivity (Wildman–Crippen MR) is 75.6 cm³/mol. The van der Waals surface area contributed by atoms with Crippen LogP contribution in [0.25, 0.3) is 0 Å². The van der Waals surface area contributed by atoms with E-state index in [2.05, 4.69) is 11.9 Å². The molecule has 0 radical (unpaired) electrons. The van der Waals surface area contributed by atoms with E-state index < -0.39 is 15.5 Å². The molecular formula is C13H22N2O3S. The SMILES string of the molecule is CCCCCN(C(C)C)S(=O)(=O)c1c[nH]ccc1=O. The highest BCUT2D eigenvalue weighted by atomic mass is 32.2. The Morgan fingerprint density at radius 3 is 2.53 bits per heavy atom. The van der Waals surface area contributed by atoms with Crippen LogP contribution in [0.3, 0.4) is 0 Å². The molecule has 1 aromatic rings. The van der Waals surface area contributed by atoms with Gasteiger partial charge >= 0.3 is 0 Å². The van der Waals surface area contributed by atoms with E-state index in [1.807, 2.05) is 13.8 Å². The second-order valence-electron chi connectivity index (χ2n) is 4.79. The van der Waals surface area contributed by atoms with Gasteiger partial charge in [-0.15, -0.1) is 0 Å². The molecule has 0 atom stereocenters. The fourth-order valence-corrected chi connectivity index (χ4v) is 3.62. The molecule has 1 heterocycles. The number of rotatable bonds is 7. The fraction of sp³-hybridized carbons (Fsp3) is 0.615. The predicted octanol–water partition coefficient (Wildman–Crippen LogP) is 1.96. The Hall–Kier alpha value is -1.14. The summed E-state index contributed by atoms with van der Waals surface area (Å²) in [6.07, 6.45) is 5.49. The number of unbranched alkanes of at least 4 members (excludes halogenated alkanes) is 2. The number of H-pyrrole nitrogens is 1. The minimum Gasteiger partial charge on any atom is -0.366 e. The molecule has 0 spiro atoms. The molecular weight excluding hydrogens is 264 g/mol. The molecule has 0 aliphatic carbocycles. The Labute approximate surface area is 114 Å². The first-order chi connectivity index (χ1) is 8.91. The molecule has 108 valence electrons. The van der Waals surface area contributed by atoms with Gasteiger partial charge in [0.05, 0.1) is 0 Å². The van der Waals surface area contributed by atoms with Gasteiger partial charge in [-0.25, -0.2) is 8.42 Å². The molecule has 0 bridgehead atoms. The highest BCUT2D eigenvalue weighted by molar-refractivity contribution is 7.89. The van der Waals surface area contributed by atoms with Gasteiger partial charge in [-0.05, 0) is 20.3 Å². The van der Waals surface area contributed by atoms with E-state index in [1.165, 1.54) is 22.8 Å². The topological polar surface area (TPSA) is 70.2 Å². The first-order valence-corrected chi connectivity index (χ1v) is 8.04. The number of pyridine rings is 1. The third kappa shape index (κ3) is 3.91. The maximum Gasteiger partial charge on any atom is 0.248 e. The van der Waals surface area contributed by atoms with Crippen LogP contribution in [-0.4, -0.2) is 30.3 Å². The van der Waals surface area contributed by atoms with Gasteiger partial charge in [0.1, 0.15) is 4.90 Å². The summed E-state index contributed by atoms with van der Waals surface area (Å²) in [4.78, 5) is 14.2. The summed E-state index contributed by atoms with van der Waals surface area (Å²) < 4.78 is 26.4. The van der Waals surface area contributed by atoms with Crippen molar-refractivity contribution in [3.63, 3.8) is 0 Å². The summed E-state index contributed by atoms with van der Waals surface area (Å²) in [5, 5.41) is 0. The van der Waals surface area contributed by atoms with Crippen molar-refractivity contribution in [2.24, 2.45) is 0 Å². The van der Waals surface area contributed by atoms with Gasteiger partial charge in [0.25, 0.3) is 0 Å². The molecule has 6 heteroatoms. The Kier molecular flexibility index (Phi) is 5.75. The summed E-state index contributed by atoms with van der Waals surface area (Å²) in [6.45, 7) is 6.15. The number of aromatic nitrogens is 1. The van der Waals surface area contributed by atoms with Gasteiger partial charge < -0.3 is 4.98 Å². The Morgan fingerprint density at radius 2 is 2.00 bits per heavy atom. The number of aromatic amines is 1. The minimum absolute atomic E-state index is 0.165. The van der Waals surface area contributed by atoms with Gasteiger partial charge in [0, 0.05) is 31.0 Å². The second kappa shape index (κ2) is 6.86. The molecule has 0 saturated carbocycles. The van der Waals surface area contributed by atoms with Crippen LogP contribution < -0.4 is 5.43 Å². The zero-order chi connectivity index (χ0) is 14.5. The largest absolute Gasteiger partial charge is 0.366 e. The molecule has 0 aromatic carbocycles. The van der Waals surface area contributed by atoms with E-state index in [1.54, 1.807) is 0 Å². The standard InChI is InChI=1S/C13H22N2O3S/c1-4-5-6-9-15(11(2)3)19(17,18)13-10-14-8-7-12(13)16/h7-8,10-11H,4-6,9H2,1-3H3,(H,14,16). The van der Waals surface area contributed by atoms with Crippen LogP contribution in [0.15, 0.2) is 28.2 Å². The Balaban J connectivity index is 3.07. The van der Waals surface area contributed by atoms with E-state index >= 15 is 0 Å². The van der Waals surface area contributed by atoms with Crippen LogP contribution in [0.4, 0.5) is 0 Å². The Morgan fingerprint density at radius 1 is 1.32 bits per heavy atom. The average Bonchev–Trinajstić information content (AvgIpc) is 2.34. The zero-order valence-corrected chi connectivity index (χ0v) is 12.5. The van der Waals surface area contributed by atoms with Crippen molar-refractivity contribution in [3.05, 3.63) is 28.7 Å². The van der Waals surface area contributed by atoms with Crippen molar-refractivity contribution in [1.82, 2.24) is 9.29 Å². The summed E-state index contributed by atoms with van der Waals surface area (Å²) in [5.41, 5.74) is -0.472. The van der Waals surface area contributed by atoms with Crippen molar-refractivity contribution in [3.8, 4) is 0 Å². The van der Waals surface area contributed by atoms with Gasteiger partial charge in [0.2, 0.25) is 15.5 Å². The molecule has 0 fully saturated rings. The Bertz CT molecular complexity index is 549. The third-order valence-corrected chi connectivity index (χ3v) is 5.03. The maximum atomic E-state index is 12.5. The second-order valence-corrected chi connectivity index (χ2v) is 6.65. The van der Waals surface area contributed by atoms with E-state index in [0.29, 0.717) is 6.54 Å². The van der Waals surface area contributed by atoms with Crippen molar-refractivity contribution >= 4 is 10.0 Å². The first kappa shape index (κ1) is 15.9. The van der Waals surface area contributed by atoms with Crippen molar-refractivity contribution in [2.45, 2.75) is 51.0 Å². The van der Waals surface area contributed by atoms with Crippen LogP contribution in [0.5, 0.6) is 0 Å². The van der Waals surface area contributed by atoms with Crippen LogP contribution in [0.2, 0.25) is 0 Å². The van der Waals surface area contributed by atoms with Gasteiger partial charge in [-0.2, -0.15) is 4.31 Å². The van der Waals surface area contributed by atoms with Gasteiger partial charge in [-0.3, -0.25) is 4.79 Å². The molecule has 0 amide bonds. The zero-order valence-electron chi connectivity index (χ0n) is 11.7. The number of nitrogens with one attached hydrogen (secondary N) is 1. The lowest BCUT2D eigenvalue weighted by atomic mass is 10.2. The van der Waals surface area contributed by atoms with Crippen molar-refractivity contribution in [1.29, 1.82) is 0 Å². The van der Waals surface area contributed by atoms with Gasteiger partial charge in [0.15, 0.2) is 0 Å². The monoisotopic (exact) mass is 286 g/mol. The molecule has 5 nitrogen and oxygen atoms in total. The molecule has 0 aliphatic rings. The molecule has 1 aromatic heterocycles. The average molecular weight is 286 g/mol. The van der Waals surface area contributed by atoms with E-state index in [-0.39, 0.29) is 10.9 Å². The number of nitrogens with zero attached hydrogens (tertiary/aromatic N) is 1. The summed E-state index contributed by atoms with van der Waals surface area (Å²) in [5.74, 6) is 0. The lowest BCUT2D eigenvalue weighted by molar-refractivity contribution is 0.345. The minimum atomic E-state index is -3.72. The highest BCUT2D eigenvalue weighted by Crippen LogP contribution is 2.15. The molecule has 1 rings (SSSR count). The van der Waals surface area contributed by atoms with Crippen LogP contribution in [0.1, 0.15) is 40.0 Å². The van der Waals surface area contributed by atoms with Gasteiger partial charge in [-0.1, -0.05) is 19.8 Å². The summed E-state index contributed by atoms with van der Waals surface area (Å²) >= 11 is 0. The quantitative estimate of drug-likeness (QED) is 0.779. The first-order valence-electron chi connectivity index (χ1n) is 6.60. The smallest absolute Gasteiger partial charge is 0.248 e. The lowest BCUT2D eigenvalue weighted by Gasteiger charge is -2.25. The number of sulfonamides is 1. The molecule has 19 heavy (non-hydrogen) atoms.